The largest absolute Gasteiger partial charge is 0.478 e. The van der Waals surface area contributed by atoms with Crippen molar-refractivity contribution in [1.29, 1.82) is 0 Å². The van der Waals surface area contributed by atoms with Gasteiger partial charge in [0.2, 0.25) is 0 Å². The predicted octanol–water partition coefficient (Wildman–Crippen LogP) is 4.83. The average Bonchev–Trinajstić information content (AvgIpc) is 3.14. The second kappa shape index (κ2) is 8.32. The number of rotatable bonds is 5. The monoisotopic (exact) mass is 451 g/mol. The molecule has 0 atom stereocenters. The normalized spacial score (nSPS) is 11.0. The van der Waals surface area contributed by atoms with Crippen molar-refractivity contribution in [2.24, 2.45) is 0 Å². The number of aromatic amines is 1. The molecule has 8 nitrogen and oxygen atoms in total. The number of anilines is 2. The smallest absolute Gasteiger partial charge is 0.337 e. The molecule has 0 amide bonds. The number of hydrogen-bond donors (Lipinski definition) is 3. The Hall–Kier alpha value is -4.72. The Morgan fingerprint density at radius 3 is 2.59 bits per heavy atom. The number of nitrogens with zero attached hydrogens (tertiary/aromatic N) is 3. The van der Waals surface area contributed by atoms with E-state index in [1.165, 1.54) is 6.20 Å². The summed E-state index contributed by atoms with van der Waals surface area (Å²) in [6.45, 7) is 3.89. The summed E-state index contributed by atoms with van der Waals surface area (Å²) in [5.74, 6) is -0.413. The van der Waals surface area contributed by atoms with Gasteiger partial charge in [-0.3, -0.25) is 4.79 Å². The van der Waals surface area contributed by atoms with Gasteiger partial charge >= 0.3 is 5.97 Å². The van der Waals surface area contributed by atoms with E-state index >= 15 is 0 Å². The molecule has 2 aromatic heterocycles. The van der Waals surface area contributed by atoms with Crippen molar-refractivity contribution in [1.82, 2.24) is 19.7 Å². The van der Waals surface area contributed by atoms with Gasteiger partial charge < -0.3 is 15.4 Å². The molecule has 0 saturated carbocycles. The number of carbonyl (C=O) groups is 1. The van der Waals surface area contributed by atoms with Gasteiger partial charge in [-0.05, 0) is 55.3 Å². The Balaban J connectivity index is 1.77. The lowest BCUT2D eigenvalue weighted by molar-refractivity contribution is 0.0698. The zero-order valence-corrected chi connectivity index (χ0v) is 18.5. The molecule has 0 saturated heterocycles. The summed E-state index contributed by atoms with van der Waals surface area (Å²) in [6, 6.07) is 20.2. The van der Waals surface area contributed by atoms with Gasteiger partial charge in [0.15, 0.2) is 0 Å². The fourth-order valence-corrected chi connectivity index (χ4v) is 4.07. The predicted molar refractivity (Wildman–Crippen MR) is 131 cm³/mol. The van der Waals surface area contributed by atoms with Gasteiger partial charge in [-0.2, -0.15) is 5.10 Å². The fourth-order valence-electron chi connectivity index (χ4n) is 4.07. The number of fused-ring (bicyclic) bond motifs is 1. The van der Waals surface area contributed by atoms with Gasteiger partial charge in [-0.15, -0.1) is 0 Å². The molecule has 0 spiro atoms. The average molecular weight is 451 g/mol. The van der Waals surface area contributed by atoms with Crippen LogP contribution in [0.25, 0.3) is 27.8 Å². The standard InChI is InChI=1S/C26H21N5O3/c1-15-7-3-6-10-22(15)31-25(29-19-9-5-4-8-18(19)26(33)34)24(16(2)30-31)17-11-12-20-21(13-17)28-23(32)14-27-20/h3-14,29H,1-2H3,(H,28,32)(H,33,34). The number of aromatic carboxylic acids is 1. The van der Waals surface area contributed by atoms with Crippen molar-refractivity contribution in [2.75, 3.05) is 5.32 Å². The second-order valence-electron chi connectivity index (χ2n) is 7.96. The van der Waals surface area contributed by atoms with Crippen LogP contribution < -0.4 is 10.9 Å². The van der Waals surface area contributed by atoms with Crippen molar-refractivity contribution in [3.63, 3.8) is 0 Å². The van der Waals surface area contributed by atoms with Crippen LogP contribution in [0, 0.1) is 13.8 Å². The highest BCUT2D eigenvalue weighted by atomic mass is 16.4. The first-order valence-corrected chi connectivity index (χ1v) is 10.7. The van der Waals surface area contributed by atoms with Crippen molar-refractivity contribution >= 4 is 28.5 Å². The first-order valence-electron chi connectivity index (χ1n) is 10.7. The Labute approximate surface area is 194 Å². The molecule has 0 bridgehead atoms. The number of nitrogens with one attached hydrogen (secondary N) is 2. The first kappa shape index (κ1) is 21.1. The lowest BCUT2D eigenvalue weighted by atomic mass is 10.0. The molecule has 8 heteroatoms. The van der Waals surface area contributed by atoms with Gasteiger partial charge in [0.25, 0.3) is 5.56 Å². The number of carboxylic acids is 1. The topological polar surface area (TPSA) is 113 Å². The molecule has 34 heavy (non-hydrogen) atoms. The third-order valence-corrected chi connectivity index (χ3v) is 5.68. The van der Waals surface area contributed by atoms with E-state index in [2.05, 4.69) is 15.3 Å². The maximum absolute atomic E-state index is 11.9. The lowest BCUT2D eigenvalue weighted by Gasteiger charge is -2.15. The van der Waals surface area contributed by atoms with Gasteiger partial charge in [0.1, 0.15) is 5.82 Å². The van der Waals surface area contributed by atoms with Gasteiger partial charge in [0.05, 0.1) is 39.9 Å². The number of aromatic nitrogens is 4. The third kappa shape index (κ3) is 3.71. The third-order valence-electron chi connectivity index (χ3n) is 5.68. The molecule has 0 radical (unpaired) electrons. The van der Waals surface area contributed by atoms with Crippen LogP contribution >= 0.6 is 0 Å². The number of para-hydroxylation sites is 2. The Kier molecular flexibility index (Phi) is 5.18. The summed E-state index contributed by atoms with van der Waals surface area (Å²) in [5.41, 5.74) is 5.79. The minimum atomic E-state index is -1.03. The maximum atomic E-state index is 11.9. The molecular formula is C26H21N5O3. The van der Waals surface area contributed by atoms with Gasteiger partial charge in [-0.25, -0.2) is 14.5 Å². The quantitative estimate of drug-likeness (QED) is 0.353. The zero-order chi connectivity index (χ0) is 23.8. The Morgan fingerprint density at radius 1 is 1.03 bits per heavy atom. The number of carboxylic acid groups (broad SMARTS) is 1. The summed E-state index contributed by atoms with van der Waals surface area (Å²) in [4.78, 5) is 30.7. The van der Waals surface area contributed by atoms with E-state index in [4.69, 9.17) is 5.10 Å². The van der Waals surface area contributed by atoms with Crippen LogP contribution in [0.3, 0.4) is 0 Å². The van der Waals surface area contributed by atoms with Crippen LogP contribution in [0.2, 0.25) is 0 Å². The molecule has 0 aliphatic carbocycles. The van der Waals surface area contributed by atoms with E-state index in [1.54, 1.807) is 28.9 Å². The maximum Gasteiger partial charge on any atom is 0.337 e. The SMILES string of the molecule is Cc1ccccc1-n1nc(C)c(-c2ccc3ncc(=O)[nH]c3c2)c1Nc1ccccc1C(=O)O. The highest BCUT2D eigenvalue weighted by Gasteiger charge is 2.21. The van der Waals surface area contributed by atoms with Crippen molar-refractivity contribution in [2.45, 2.75) is 13.8 Å². The summed E-state index contributed by atoms with van der Waals surface area (Å²) >= 11 is 0. The molecule has 2 heterocycles. The van der Waals surface area contributed by atoms with Gasteiger partial charge in [0, 0.05) is 5.56 Å². The lowest BCUT2D eigenvalue weighted by Crippen LogP contribution is -2.08. The van der Waals surface area contributed by atoms with E-state index in [1.807, 2.05) is 56.3 Å². The number of benzene rings is 3. The highest BCUT2D eigenvalue weighted by molar-refractivity contribution is 5.96. The van der Waals surface area contributed by atoms with E-state index in [0.29, 0.717) is 22.5 Å². The molecule has 0 aliphatic heterocycles. The van der Waals surface area contributed by atoms with Crippen molar-refractivity contribution in [3.8, 4) is 16.8 Å². The Bertz CT molecular complexity index is 1620. The molecule has 5 aromatic rings. The molecule has 3 N–H and O–H groups in total. The van der Waals surface area contributed by atoms with Crippen molar-refractivity contribution < 1.29 is 9.90 Å². The van der Waals surface area contributed by atoms with Crippen molar-refractivity contribution in [3.05, 3.63) is 100 Å². The van der Waals surface area contributed by atoms with Crippen LogP contribution in [0.1, 0.15) is 21.6 Å². The van der Waals surface area contributed by atoms with Crippen LogP contribution in [0.4, 0.5) is 11.5 Å². The molecule has 0 fully saturated rings. The van der Waals surface area contributed by atoms with Crippen LogP contribution in [0.15, 0.2) is 77.7 Å². The molecule has 0 aliphatic rings. The molecule has 3 aromatic carbocycles. The number of H-pyrrole nitrogens is 1. The van der Waals surface area contributed by atoms with Crippen LogP contribution in [-0.4, -0.2) is 30.8 Å². The highest BCUT2D eigenvalue weighted by Crippen LogP contribution is 2.37. The minimum absolute atomic E-state index is 0.149. The first-order chi connectivity index (χ1) is 16.4. The molecule has 168 valence electrons. The van der Waals surface area contributed by atoms with E-state index < -0.39 is 5.97 Å². The molecule has 0 unspecified atom stereocenters. The summed E-state index contributed by atoms with van der Waals surface area (Å²) in [6.07, 6.45) is 1.25. The molecule has 5 rings (SSSR count). The van der Waals surface area contributed by atoms with Crippen LogP contribution in [-0.2, 0) is 0 Å². The molecular weight excluding hydrogens is 430 g/mol. The second-order valence-corrected chi connectivity index (χ2v) is 7.96. The minimum Gasteiger partial charge on any atom is -0.478 e. The fraction of sp³-hybridized carbons (Fsp3) is 0.0769. The summed E-state index contributed by atoms with van der Waals surface area (Å²) < 4.78 is 1.79. The number of hydrogen-bond acceptors (Lipinski definition) is 5. The van der Waals surface area contributed by atoms with E-state index in [-0.39, 0.29) is 11.1 Å². The van der Waals surface area contributed by atoms with Gasteiger partial charge in [-0.1, -0.05) is 36.4 Å². The Morgan fingerprint density at radius 2 is 1.79 bits per heavy atom. The van der Waals surface area contributed by atoms with Crippen LogP contribution in [0.5, 0.6) is 0 Å². The number of aryl methyl sites for hydroxylation is 2. The van der Waals surface area contributed by atoms with E-state index in [0.717, 1.165) is 28.1 Å². The van der Waals surface area contributed by atoms with E-state index in [9.17, 15) is 14.7 Å². The summed E-state index contributed by atoms with van der Waals surface area (Å²) in [5, 5.41) is 17.8. The summed E-state index contributed by atoms with van der Waals surface area (Å²) in [7, 11) is 0. The zero-order valence-electron chi connectivity index (χ0n) is 18.5.